The monoisotopic (exact) mass is 288 g/mol. The Morgan fingerprint density at radius 3 is 2.40 bits per heavy atom. The number of hydrogen-bond donors (Lipinski definition) is 2. The molecule has 112 valence electrons. The van der Waals surface area contributed by atoms with Crippen molar-refractivity contribution in [3.05, 3.63) is 35.4 Å². The lowest BCUT2D eigenvalue weighted by Gasteiger charge is -2.22. The van der Waals surface area contributed by atoms with Crippen molar-refractivity contribution in [2.45, 2.75) is 32.5 Å². The van der Waals surface area contributed by atoms with Gasteiger partial charge in [0.15, 0.2) is 0 Å². The lowest BCUT2D eigenvalue weighted by molar-refractivity contribution is -0.137. The van der Waals surface area contributed by atoms with Crippen molar-refractivity contribution in [3.63, 3.8) is 0 Å². The molecule has 3 N–H and O–H groups in total. The van der Waals surface area contributed by atoms with Crippen molar-refractivity contribution in [3.8, 4) is 0 Å². The fraction of sp³-hybridized carbons (Fsp3) is 0.500. The van der Waals surface area contributed by atoms with E-state index in [0.717, 1.165) is 6.07 Å². The minimum atomic E-state index is -4.55. The molecule has 0 aliphatic carbocycles. The van der Waals surface area contributed by atoms with E-state index in [-0.39, 0.29) is 17.5 Å². The summed E-state index contributed by atoms with van der Waals surface area (Å²) in [6.07, 6.45) is -4.02. The quantitative estimate of drug-likeness (QED) is 0.875. The number of rotatable bonds is 5. The number of benzene rings is 1. The maximum absolute atomic E-state index is 12.9. The summed E-state index contributed by atoms with van der Waals surface area (Å²) in [7, 11) is 0. The minimum absolute atomic E-state index is 0.0977. The van der Waals surface area contributed by atoms with E-state index in [1.807, 2.05) is 13.8 Å². The molecule has 20 heavy (non-hydrogen) atoms. The molecular weight excluding hydrogens is 269 g/mol. The van der Waals surface area contributed by atoms with Gasteiger partial charge in [-0.3, -0.25) is 4.79 Å². The van der Waals surface area contributed by atoms with Gasteiger partial charge in [-0.2, -0.15) is 13.2 Å². The van der Waals surface area contributed by atoms with Crippen molar-refractivity contribution in [1.29, 1.82) is 0 Å². The average molecular weight is 288 g/mol. The highest BCUT2D eigenvalue weighted by molar-refractivity contribution is 5.96. The zero-order valence-corrected chi connectivity index (χ0v) is 11.5. The van der Waals surface area contributed by atoms with Crippen molar-refractivity contribution >= 4 is 5.91 Å². The highest BCUT2D eigenvalue weighted by Crippen LogP contribution is 2.31. The summed E-state index contributed by atoms with van der Waals surface area (Å²) in [4.78, 5) is 12.0. The molecular formula is C14H19F3N2O. The molecule has 0 saturated carbocycles. The van der Waals surface area contributed by atoms with Crippen LogP contribution >= 0.6 is 0 Å². The fourth-order valence-corrected chi connectivity index (χ4v) is 1.93. The molecule has 0 aliphatic heterocycles. The summed E-state index contributed by atoms with van der Waals surface area (Å²) in [5.74, 6) is -0.620. The van der Waals surface area contributed by atoms with Crippen LogP contribution in [0.1, 0.15) is 36.2 Å². The first-order valence-electron chi connectivity index (χ1n) is 6.44. The van der Waals surface area contributed by atoms with Gasteiger partial charge in [0.05, 0.1) is 11.1 Å². The summed E-state index contributed by atoms with van der Waals surface area (Å²) in [5.41, 5.74) is 4.17. The largest absolute Gasteiger partial charge is 0.417 e. The van der Waals surface area contributed by atoms with E-state index in [9.17, 15) is 18.0 Å². The van der Waals surface area contributed by atoms with Gasteiger partial charge in [0.25, 0.3) is 5.91 Å². The molecule has 0 fully saturated rings. The van der Waals surface area contributed by atoms with Crippen LogP contribution in [0.15, 0.2) is 24.3 Å². The Hall–Kier alpha value is -1.56. The SMILES string of the molecule is CC(C)C(CCN)NC(=O)c1ccccc1C(F)(F)F. The Bertz CT molecular complexity index is 458. The number of carbonyl (C=O) groups is 1. The smallest absolute Gasteiger partial charge is 0.349 e. The number of nitrogens with one attached hydrogen (secondary N) is 1. The van der Waals surface area contributed by atoms with Gasteiger partial charge in [-0.15, -0.1) is 0 Å². The van der Waals surface area contributed by atoms with Crippen molar-refractivity contribution in [2.75, 3.05) is 6.54 Å². The Kier molecular flexibility index (Phi) is 5.56. The third kappa shape index (κ3) is 4.23. The molecule has 0 aliphatic rings. The molecule has 1 atom stereocenters. The van der Waals surface area contributed by atoms with Crippen LogP contribution in [0.3, 0.4) is 0 Å². The molecule has 1 amide bonds. The molecule has 0 spiro atoms. The number of halogens is 3. The van der Waals surface area contributed by atoms with Gasteiger partial charge >= 0.3 is 6.18 Å². The van der Waals surface area contributed by atoms with Crippen molar-refractivity contribution in [1.82, 2.24) is 5.32 Å². The second-order valence-corrected chi connectivity index (χ2v) is 4.94. The van der Waals surface area contributed by atoms with Gasteiger partial charge in [-0.25, -0.2) is 0 Å². The van der Waals surface area contributed by atoms with Gasteiger partial charge < -0.3 is 11.1 Å². The van der Waals surface area contributed by atoms with Crippen molar-refractivity contribution in [2.24, 2.45) is 11.7 Å². The van der Waals surface area contributed by atoms with E-state index in [4.69, 9.17) is 5.73 Å². The normalized spacial score (nSPS) is 13.3. The molecule has 0 bridgehead atoms. The van der Waals surface area contributed by atoms with Crippen LogP contribution in [-0.4, -0.2) is 18.5 Å². The first kappa shape index (κ1) is 16.5. The van der Waals surface area contributed by atoms with E-state index >= 15 is 0 Å². The zero-order valence-electron chi connectivity index (χ0n) is 11.5. The van der Waals surface area contributed by atoms with Crippen LogP contribution < -0.4 is 11.1 Å². The van der Waals surface area contributed by atoms with Gasteiger partial charge in [0.2, 0.25) is 0 Å². The van der Waals surface area contributed by atoms with Gasteiger partial charge in [0.1, 0.15) is 0 Å². The van der Waals surface area contributed by atoms with Crippen LogP contribution in [0, 0.1) is 5.92 Å². The molecule has 1 unspecified atom stereocenters. The maximum atomic E-state index is 12.9. The molecule has 0 heterocycles. The topological polar surface area (TPSA) is 55.1 Å². The van der Waals surface area contributed by atoms with Crippen LogP contribution in [0.2, 0.25) is 0 Å². The van der Waals surface area contributed by atoms with Gasteiger partial charge in [-0.1, -0.05) is 26.0 Å². The summed E-state index contributed by atoms with van der Waals surface area (Å²) in [6.45, 7) is 4.14. The third-order valence-corrected chi connectivity index (χ3v) is 3.08. The lowest BCUT2D eigenvalue weighted by atomic mass is 9.99. The predicted octanol–water partition coefficient (Wildman–Crippen LogP) is 2.81. The summed E-state index contributed by atoms with van der Waals surface area (Å²) < 4.78 is 38.6. The Morgan fingerprint density at radius 2 is 1.90 bits per heavy atom. The van der Waals surface area contributed by atoms with Crippen LogP contribution in [-0.2, 0) is 6.18 Å². The van der Waals surface area contributed by atoms with Gasteiger partial charge in [-0.05, 0) is 31.0 Å². The standard InChI is InChI=1S/C14H19F3N2O/c1-9(2)12(7-8-18)19-13(20)10-5-3-4-6-11(10)14(15,16)17/h3-6,9,12H,7-8,18H2,1-2H3,(H,19,20). The Labute approximate surface area is 116 Å². The second kappa shape index (κ2) is 6.74. The molecule has 0 aromatic heterocycles. The number of nitrogens with two attached hydrogens (primary N) is 1. The fourth-order valence-electron chi connectivity index (χ4n) is 1.93. The number of hydrogen-bond acceptors (Lipinski definition) is 2. The van der Waals surface area contributed by atoms with Crippen molar-refractivity contribution < 1.29 is 18.0 Å². The molecule has 1 aromatic rings. The van der Waals surface area contributed by atoms with E-state index in [1.54, 1.807) is 0 Å². The summed E-state index contributed by atoms with van der Waals surface area (Å²) in [5, 5.41) is 2.63. The lowest BCUT2D eigenvalue weighted by Crippen LogP contribution is -2.40. The van der Waals surface area contributed by atoms with Crippen LogP contribution in [0.25, 0.3) is 0 Å². The van der Waals surface area contributed by atoms with Crippen LogP contribution in [0.4, 0.5) is 13.2 Å². The number of amides is 1. The number of alkyl halides is 3. The van der Waals surface area contributed by atoms with E-state index in [1.165, 1.54) is 18.2 Å². The first-order chi connectivity index (χ1) is 9.27. The summed E-state index contributed by atoms with van der Waals surface area (Å²) >= 11 is 0. The highest BCUT2D eigenvalue weighted by atomic mass is 19.4. The molecule has 1 rings (SSSR count). The van der Waals surface area contributed by atoms with E-state index in [2.05, 4.69) is 5.32 Å². The molecule has 0 saturated heterocycles. The first-order valence-corrected chi connectivity index (χ1v) is 6.44. The average Bonchev–Trinajstić information content (AvgIpc) is 2.37. The van der Waals surface area contributed by atoms with E-state index in [0.29, 0.717) is 13.0 Å². The maximum Gasteiger partial charge on any atom is 0.417 e. The van der Waals surface area contributed by atoms with Crippen LogP contribution in [0.5, 0.6) is 0 Å². The van der Waals surface area contributed by atoms with E-state index < -0.39 is 17.6 Å². The molecule has 3 nitrogen and oxygen atoms in total. The molecule has 1 aromatic carbocycles. The molecule has 6 heteroatoms. The minimum Gasteiger partial charge on any atom is -0.349 e. The van der Waals surface area contributed by atoms with Gasteiger partial charge in [0, 0.05) is 6.04 Å². The third-order valence-electron chi connectivity index (χ3n) is 3.08. The second-order valence-electron chi connectivity index (χ2n) is 4.94. The highest BCUT2D eigenvalue weighted by Gasteiger charge is 2.35. The zero-order chi connectivity index (χ0) is 15.3. The Morgan fingerprint density at radius 1 is 1.30 bits per heavy atom. The molecule has 0 radical (unpaired) electrons. The predicted molar refractivity (Wildman–Crippen MR) is 71.2 cm³/mol. The Balaban J connectivity index is 2.98. The number of carbonyl (C=O) groups excluding carboxylic acids is 1. The summed E-state index contributed by atoms with van der Waals surface area (Å²) in [6, 6.07) is 4.52.